The van der Waals surface area contributed by atoms with E-state index in [0.717, 1.165) is 29.6 Å². The molecule has 3 N–H and O–H groups in total. The Morgan fingerprint density at radius 2 is 2.25 bits per heavy atom. The lowest BCUT2D eigenvalue weighted by molar-refractivity contribution is 0.415. The molecule has 0 aliphatic heterocycles. The zero-order chi connectivity index (χ0) is 11.4. The summed E-state index contributed by atoms with van der Waals surface area (Å²) in [6.45, 7) is 1.01. The maximum Gasteiger partial charge on any atom is 0.121 e. The average molecular weight is 220 g/mol. The molecule has 0 aromatic heterocycles. The third-order valence-corrected chi connectivity index (χ3v) is 3.06. The number of hydrogen-bond acceptors (Lipinski definition) is 3. The van der Waals surface area contributed by atoms with Crippen LogP contribution in [0, 0.1) is 5.92 Å². The number of hydrogen-bond donors (Lipinski definition) is 2. The van der Waals surface area contributed by atoms with Gasteiger partial charge >= 0.3 is 0 Å². The molecular formula is C13H20N2O. The van der Waals surface area contributed by atoms with E-state index in [9.17, 15) is 0 Å². The third-order valence-electron chi connectivity index (χ3n) is 3.06. The summed E-state index contributed by atoms with van der Waals surface area (Å²) < 4.78 is 5.11. The first-order valence-corrected chi connectivity index (χ1v) is 5.97. The van der Waals surface area contributed by atoms with Gasteiger partial charge in [-0.1, -0.05) is 12.8 Å². The summed E-state index contributed by atoms with van der Waals surface area (Å²) in [5.41, 5.74) is 7.67. The van der Waals surface area contributed by atoms with Gasteiger partial charge in [-0.15, -0.1) is 0 Å². The fourth-order valence-electron chi connectivity index (χ4n) is 1.85. The molecule has 1 saturated carbocycles. The molecule has 2 rings (SSSR count). The van der Waals surface area contributed by atoms with E-state index in [2.05, 4.69) is 5.32 Å². The lowest BCUT2D eigenvalue weighted by Gasteiger charge is -2.10. The number of rotatable bonds is 6. The molecule has 1 aromatic rings. The molecule has 0 bridgehead atoms. The van der Waals surface area contributed by atoms with Crippen molar-refractivity contribution in [3.8, 4) is 5.75 Å². The monoisotopic (exact) mass is 220 g/mol. The van der Waals surface area contributed by atoms with Gasteiger partial charge in [-0.25, -0.2) is 0 Å². The smallest absolute Gasteiger partial charge is 0.121 e. The van der Waals surface area contributed by atoms with Crippen molar-refractivity contribution >= 4 is 11.4 Å². The van der Waals surface area contributed by atoms with Crippen LogP contribution in [0.5, 0.6) is 5.75 Å². The Bertz CT molecular complexity index is 348. The first-order valence-electron chi connectivity index (χ1n) is 5.97. The fraction of sp³-hybridized carbons (Fsp3) is 0.538. The number of benzene rings is 1. The van der Waals surface area contributed by atoms with Crippen molar-refractivity contribution in [2.45, 2.75) is 25.7 Å². The van der Waals surface area contributed by atoms with Gasteiger partial charge in [0.05, 0.1) is 18.5 Å². The predicted molar refractivity (Wildman–Crippen MR) is 67.9 cm³/mol. The molecule has 0 amide bonds. The minimum absolute atomic E-state index is 0.755. The van der Waals surface area contributed by atoms with E-state index in [0.29, 0.717) is 0 Å². The van der Waals surface area contributed by atoms with Crippen LogP contribution in [0.25, 0.3) is 0 Å². The Morgan fingerprint density at radius 3 is 2.88 bits per heavy atom. The number of ether oxygens (including phenoxy) is 1. The molecular weight excluding hydrogens is 200 g/mol. The molecule has 1 aromatic carbocycles. The number of methoxy groups -OCH3 is 1. The summed E-state index contributed by atoms with van der Waals surface area (Å²) in [6, 6.07) is 5.76. The Hall–Kier alpha value is -1.38. The summed E-state index contributed by atoms with van der Waals surface area (Å²) in [6.07, 6.45) is 5.45. The van der Waals surface area contributed by atoms with Crippen LogP contribution in [-0.4, -0.2) is 13.7 Å². The predicted octanol–water partition coefficient (Wildman–Crippen LogP) is 2.88. The number of nitrogens with two attached hydrogens (primary N) is 1. The highest BCUT2D eigenvalue weighted by Crippen LogP contribution is 2.33. The molecule has 88 valence electrons. The molecule has 1 aliphatic rings. The topological polar surface area (TPSA) is 47.3 Å². The lowest BCUT2D eigenvalue weighted by atomic mass is 10.2. The van der Waals surface area contributed by atoms with Crippen molar-refractivity contribution in [1.29, 1.82) is 0 Å². The molecule has 16 heavy (non-hydrogen) atoms. The lowest BCUT2D eigenvalue weighted by Crippen LogP contribution is -2.04. The van der Waals surface area contributed by atoms with E-state index in [1.165, 1.54) is 25.7 Å². The van der Waals surface area contributed by atoms with E-state index >= 15 is 0 Å². The molecule has 3 nitrogen and oxygen atoms in total. The number of anilines is 2. The van der Waals surface area contributed by atoms with Crippen LogP contribution in [0.15, 0.2) is 18.2 Å². The van der Waals surface area contributed by atoms with Gasteiger partial charge in [0.1, 0.15) is 5.75 Å². The van der Waals surface area contributed by atoms with Crippen molar-refractivity contribution in [3.05, 3.63) is 18.2 Å². The summed E-state index contributed by atoms with van der Waals surface area (Å²) in [5, 5.41) is 3.37. The van der Waals surface area contributed by atoms with E-state index < -0.39 is 0 Å². The van der Waals surface area contributed by atoms with Crippen molar-refractivity contribution in [2.75, 3.05) is 24.7 Å². The van der Waals surface area contributed by atoms with Crippen LogP contribution in [0.2, 0.25) is 0 Å². The SMILES string of the molecule is COc1ccc(NCCCC2CC2)c(N)c1. The zero-order valence-corrected chi connectivity index (χ0v) is 9.83. The summed E-state index contributed by atoms with van der Waals surface area (Å²) in [4.78, 5) is 0. The largest absolute Gasteiger partial charge is 0.497 e. The van der Waals surface area contributed by atoms with Crippen LogP contribution in [-0.2, 0) is 0 Å². The second-order valence-corrected chi connectivity index (χ2v) is 4.47. The minimum Gasteiger partial charge on any atom is -0.497 e. The van der Waals surface area contributed by atoms with Gasteiger partial charge in [0.2, 0.25) is 0 Å². The van der Waals surface area contributed by atoms with Gasteiger partial charge in [-0.05, 0) is 30.9 Å². The van der Waals surface area contributed by atoms with Crippen molar-refractivity contribution in [2.24, 2.45) is 5.92 Å². The second-order valence-electron chi connectivity index (χ2n) is 4.47. The van der Waals surface area contributed by atoms with Crippen molar-refractivity contribution in [3.63, 3.8) is 0 Å². The fourth-order valence-corrected chi connectivity index (χ4v) is 1.85. The molecule has 1 fully saturated rings. The molecule has 0 unspecified atom stereocenters. The van der Waals surface area contributed by atoms with E-state index in [-0.39, 0.29) is 0 Å². The van der Waals surface area contributed by atoms with Crippen LogP contribution in [0.3, 0.4) is 0 Å². The first kappa shape index (κ1) is 11.1. The molecule has 1 aliphatic carbocycles. The second kappa shape index (κ2) is 5.10. The van der Waals surface area contributed by atoms with Crippen LogP contribution < -0.4 is 15.8 Å². The van der Waals surface area contributed by atoms with Crippen LogP contribution >= 0.6 is 0 Å². The zero-order valence-electron chi connectivity index (χ0n) is 9.83. The molecule has 0 heterocycles. The maximum atomic E-state index is 5.91. The highest BCUT2D eigenvalue weighted by Gasteiger charge is 2.19. The highest BCUT2D eigenvalue weighted by atomic mass is 16.5. The van der Waals surface area contributed by atoms with Gasteiger partial charge in [-0.2, -0.15) is 0 Å². The van der Waals surface area contributed by atoms with Crippen molar-refractivity contribution < 1.29 is 4.74 Å². The van der Waals surface area contributed by atoms with Crippen molar-refractivity contribution in [1.82, 2.24) is 0 Å². The third kappa shape index (κ3) is 3.05. The minimum atomic E-state index is 0.755. The average Bonchev–Trinajstić information content (AvgIpc) is 3.10. The van der Waals surface area contributed by atoms with Crippen LogP contribution in [0.1, 0.15) is 25.7 Å². The summed E-state index contributed by atoms with van der Waals surface area (Å²) in [7, 11) is 1.65. The van der Waals surface area contributed by atoms with Gasteiger partial charge in [-0.3, -0.25) is 0 Å². The normalized spacial score (nSPS) is 14.8. The van der Waals surface area contributed by atoms with E-state index in [1.807, 2.05) is 18.2 Å². The van der Waals surface area contributed by atoms with E-state index in [1.54, 1.807) is 7.11 Å². The standard InChI is InChI=1S/C13H20N2O/c1-16-11-6-7-13(12(14)9-11)15-8-2-3-10-4-5-10/h6-7,9-10,15H,2-5,8,14H2,1H3. The maximum absolute atomic E-state index is 5.91. The van der Waals surface area contributed by atoms with Crippen LogP contribution in [0.4, 0.5) is 11.4 Å². The highest BCUT2D eigenvalue weighted by molar-refractivity contribution is 5.68. The van der Waals surface area contributed by atoms with Gasteiger partial charge in [0.25, 0.3) is 0 Å². The number of nitrogen functional groups attached to an aromatic ring is 1. The Labute approximate surface area is 97.0 Å². The Balaban J connectivity index is 1.78. The molecule has 0 radical (unpaired) electrons. The number of nitrogens with one attached hydrogen (secondary N) is 1. The molecule has 0 atom stereocenters. The Morgan fingerprint density at radius 1 is 1.44 bits per heavy atom. The Kier molecular flexibility index (Phi) is 3.54. The van der Waals surface area contributed by atoms with E-state index in [4.69, 9.17) is 10.5 Å². The molecule has 0 spiro atoms. The van der Waals surface area contributed by atoms with Gasteiger partial charge < -0.3 is 15.8 Å². The first-order chi connectivity index (χ1) is 7.79. The quantitative estimate of drug-likeness (QED) is 0.572. The summed E-state index contributed by atoms with van der Waals surface area (Å²) >= 11 is 0. The van der Waals surface area contributed by atoms with Gasteiger partial charge in [0, 0.05) is 12.6 Å². The molecule has 3 heteroatoms. The molecule has 0 saturated heterocycles. The van der Waals surface area contributed by atoms with Gasteiger partial charge in [0.15, 0.2) is 0 Å². The summed E-state index contributed by atoms with van der Waals surface area (Å²) in [5.74, 6) is 1.82.